The normalized spacial score (nSPS) is 20.3. The van der Waals surface area contributed by atoms with Crippen molar-refractivity contribution in [2.45, 2.75) is 12.0 Å². The standard InChI is InChI=1S/C16H16O4/c1-19-12-5-2-10(3-6-12)16-14(9-17)13-8-11(18)4-7-15(13)20-16/h2-8,14,16-18H,9H2,1H3/t14-,16+/m1/s1. The van der Waals surface area contributed by atoms with Gasteiger partial charge >= 0.3 is 0 Å². The van der Waals surface area contributed by atoms with Gasteiger partial charge in [0.2, 0.25) is 0 Å². The van der Waals surface area contributed by atoms with Gasteiger partial charge in [0.1, 0.15) is 23.4 Å². The number of aromatic hydroxyl groups is 1. The Bertz CT molecular complexity index is 606. The SMILES string of the molecule is COc1ccc([C@@H]2Oc3ccc(O)cc3[C@H]2CO)cc1. The molecule has 20 heavy (non-hydrogen) atoms. The molecule has 104 valence electrons. The Labute approximate surface area is 117 Å². The van der Waals surface area contributed by atoms with Crippen molar-refractivity contribution in [3.8, 4) is 17.2 Å². The van der Waals surface area contributed by atoms with E-state index in [2.05, 4.69) is 0 Å². The van der Waals surface area contributed by atoms with Crippen LogP contribution in [0.25, 0.3) is 0 Å². The molecule has 0 fully saturated rings. The Balaban J connectivity index is 1.95. The van der Waals surface area contributed by atoms with Crippen LogP contribution in [-0.2, 0) is 0 Å². The minimum Gasteiger partial charge on any atom is -0.508 e. The van der Waals surface area contributed by atoms with Crippen molar-refractivity contribution < 1.29 is 19.7 Å². The van der Waals surface area contributed by atoms with Crippen molar-refractivity contribution in [1.29, 1.82) is 0 Å². The first-order valence-electron chi connectivity index (χ1n) is 6.47. The van der Waals surface area contributed by atoms with Crippen LogP contribution in [-0.4, -0.2) is 23.9 Å². The third kappa shape index (κ3) is 2.08. The summed E-state index contributed by atoms with van der Waals surface area (Å²) in [5.41, 5.74) is 1.81. The molecule has 2 N–H and O–H groups in total. The molecule has 0 saturated carbocycles. The maximum absolute atomic E-state index is 9.65. The molecule has 0 saturated heterocycles. The molecule has 1 aliphatic heterocycles. The van der Waals surface area contributed by atoms with Crippen molar-refractivity contribution in [3.05, 3.63) is 53.6 Å². The van der Waals surface area contributed by atoms with E-state index in [1.54, 1.807) is 25.3 Å². The second kappa shape index (κ2) is 5.06. The van der Waals surface area contributed by atoms with Crippen LogP contribution in [0.15, 0.2) is 42.5 Å². The van der Waals surface area contributed by atoms with Crippen molar-refractivity contribution in [2.24, 2.45) is 0 Å². The second-order valence-electron chi connectivity index (χ2n) is 4.82. The van der Waals surface area contributed by atoms with Gasteiger partial charge in [0.15, 0.2) is 0 Å². The summed E-state index contributed by atoms with van der Waals surface area (Å²) in [4.78, 5) is 0. The third-order valence-electron chi connectivity index (χ3n) is 3.65. The molecule has 0 amide bonds. The summed E-state index contributed by atoms with van der Waals surface area (Å²) in [5.74, 6) is 1.50. The molecule has 0 spiro atoms. The number of phenolic OH excluding ortho intramolecular Hbond substituents is 1. The number of hydrogen-bond donors (Lipinski definition) is 2. The fourth-order valence-electron chi connectivity index (χ4n) is 2.60. The molecule has 2 aromatic rings. The van der Waals surface area contributed by atoms with Gasteiger partial charge in [-0.25, -0.2) is 0 Å². The molecule has 3 rings (SSSR count). The number of phenols is 1. The van der Waals surface area contributed by atoms with Crippen LogP contribution in [0.4, 0.5) is 0 Å². The Morgan fingerprint density at radius 1 is 1.15 bits per heavy atom. The number of methoxy groups -OCH3 is 1. The maximum atomic E-state index is 9.65. The minimum absolute atomic E-state index is 0.0346. The first-order chi connectivity index (χ1) is 9.72. The molecule has 1 aliphatic rings. The van der Waals surface area contributed by atoms with Gasteiger partial charge in [-0.2, -0.15) is 0 Å². The molecule has 4 nitrogen and oxygen atoms in total. The van der Waals surface area contributed by atoms with Gasteiger partial charge in [-0.3, -0.25) is 0 Å². The molecule has 2 atom stereocenters. The highest BCUT2D eigenvalue weighted by Crippen LogP contribution is 2.46. The van der Waals surface area contributed by atoms with E-state index in [0.29, 0.717) is 5.75 Å². The lowest BCUT2D eigenvalue weighted by molar-refractivity contribution is 0.160. The summed E-state index contributed by atoms with van der Waals surface area (Å²) in [6.45, 7) is -0.0346. The van der Waals surface area contributed by atoms with Crippen LogP contribution in [0.1, 0.15) is 23.1 Å². The van der Waals surface area contributed by atoms with Crippen molar-refractivity contribution in [3.63, 3.8) is 0 Å². The number of rotatable bonds is 3. The van der Waals surface area contributed by atoms with E-state index in [0.717, 1.165) is 16.9 Å². The van der Waals surface area contributed by atoms with Crippen LogP contribution < -0.4 is 9.47 Å². The van der Waals surface area contributed by atoms with Crippen molar-refractivity contribution >= 4 is 0 Å². The van der Waals surface area contributed by atoms with Gasteiger partial charge in [-0.1, -0.05) is 12.1 Å². The topological polar surface area (TPSA) is 58.9 Å². The van der Waals surface area contributed by atoms with Crippen LogP contribution >= 0.6 is 0 Å². The van der Waals surface area contributed by atoms with Crippen LogP contribution in [0, 0.1) is 0 Å². The first kappa shape index (κ1) is 12.8. The fourth-order valence-corrected chi connectivity index (χ4v) is 2.60. The highest BCUT2D eigenvalue weighted by molar-refractivity contribution is 5.47. The summed E-state index contributed by atoms with van der Waals surface area (Å²) >= 11 is 0. The highest BCUT2D eigenvalue weighted by atomic mass is 16.5. The van der Waals surface area contributed by atoms with E-state index in [4.69, 9.17) is 9.47 Å². The van der Waals surface area contributed by atoms with E-state index in [1.807, 2.05) is 24.3 Å². The fraction of sp³-hybridized carbons (Fsp3) is 0.250. The third-order valence-corrected chi connectivity index (χ3v) is 3.65. The molecule has 2 aromatic carbocycles. The number of aliphatic hydroxyl groups excluding tert-OH is 1. The first-order valence-corrected chi connectivity index (χ1v) is 6.47. The molecule has 1 heterocycles. The summed E-state index contributed by atoms with van der Waals surface area (Å²) < 4.78 is 11.1. The van der Waals surface area contributed by atoms with Gasteiger partial charge in [-0.05, 0) is 35.9 Å². The van der Waals surface area contributed by atoms with Gasteiger partial charge < -0.3 is 19.7 Å². The van der Waals surface area contributed by atoms with Crippen LogP contribution in [0.3, 0.4) is 0 Å². The zero-order chi connectivity index (χ0) is 14.1. The van der Waals surface area contributed by atoms with E-state index in [9.17, 15) is 10.2 Å². The number of benzene rings is 2. The second-order valence-corrected chi connectivity index (χ2v) is 4.82. The Kier molecular flexibility index (Phi) is 3.24. The van der Waals surface area contributed by atoms with Gasteiger partial charge in [0.05, 0.1) is 19.6 Å². The van der Waals surface area contributed by atoms with E-state index < -0.39 is 0 Å². The van der Waals surface area contributed by atoms with Crippen molar-refractivity contribution in [2.75, 3.05) is 13.7 Å². The molecule has 0 aromatic heterocycles. The molecular formula is C16H16O4. The lowest BCUT2D eigenvalue weighted by Gasteiger charge is -2.17. The number of ether oxygens (including phenoxy) is 2. The monoisotopic (exact) mass is 272 g/mol. The molecule has 0 aliphatic carbocycles. The smallest absolute Gasteiger partial charge is 0.133 e. The van der Waals surface area contributed by atoms with Crippen molar-refractivity contribution in [1.82, 2.24) is 0 Å². The van der Waals surface area contributed by atoms with E-state index in [-0.39, 0.29) is 24.4 Å². The quantitative estimate of drug-likeness (QED) is 0.901. The molecular weight excluding hydrogens is 256 g/mol. The predicted molar refractivity (Wildman–Crippen MR) is 74.3 cm³/mol. The maximum Gasteiger partial charge on any atom is 0.133 e. The minimum atomic E-state index is -0.247. The summed E-state index contributed by atoms with van der Waals surface area (Å²) in [6, 6.07) is 12.6. The summed E-state index contributed by atoms with van der Waals surface area (Å²) in [7, 11) is 1.62. The van der Waals surface area contributed by atoms with Gasteiger partial charge in [-0.15, -0.1) is 0 Å². The zero-order valence-electron chi connectivity index (χ0n) is 11.1. The molecule has 0 radical (unpaired) electrons. The van der Waals surface area contributed by atoms with Gasteiger partial charge in [0.25, 0.3) is 0 Å². The lowest BCUT2D eigenvalue weighted by atomic mass is 9.92. The number of fused-ring (bicyclic) bond motifs is 1. The molecule has 0 bridgehead atoms. The Morgan fingerprint density at radius 3 is 2.55 bits per heavy atom. The molecule has 0 unspecified atom stereocenters. The Morgan fingerprint density at radius 2 is 1.90 bits per heavy atom. The number of hydrogen-bond acceptors (Lipinski definition) is 4. The highest BCUT2D eigenvalue weighted by Gasteiger charge is 2.35. The lowest BCUT2D eigenvalue weighted by Crippen LogP contribution is -2.13. The van der Waals surface area contributed by atoms with Crippen LogP contribution in [0.2, 0.25) is 0 Å². The number of aliphatic hydroxyl groups is 1. The van der Waals surface area contributed by atoms with E-state index >= 15 is 0 Å². The predicted octanol–water partition coefficient (Wildman–Crippen LogP) is 2.61. The summed E-state index contributed by atoms with van der Waals surface area (Å²) in [6.07, 6.45) is -0.247. The van der Waals surface area contributed by atoms with Gasteiger partial charge in [0, 0.05) is 5.56 Å². The summed E-state index contributed by atoms with van der Waals surface area (Å²) in [5, 5.41) is 19.2. The van der Waals surface area contributed by atoms with Crippen LogP contribution in [0.5, 0.6) is 17.2 Å². The molecule has 4 heteroatoms. The average Bonchev–Trinajstić information content (AvgIpc) is 2.85. The van der Waals surface area contributed by atoms with E-state index in [1.165, 1.54) is 0 Å². The zero-order valence-corrected chi connectivity index (χ0v) is 11.1. The largest absolute Gasteiger partial charge is 0.508 e. The average molecular weight is 272 g/mol. The Hall–Kier alpha value is -2.20.